The first-order valence-electron chi connectivity index (χ1n) is 5.47. The van der Waals surface area contributed by atoms with Gasteiger partial charge in [-0.15, -0.1) is 0 Å². The number of hydrogen-bond donors (Lipinski definition) is 3. The average molecular weight is 229 g/mol. The molecule has 2 aromatic carbocycles. The fourth-order valence-corrected chi connectivity index (χ4v) is 1.65. The lowest BCUT2D eigenvalue weighted by molar-refractivity contribution is 0.403. The van der Waals surface area contributed by atoms with Crippen LogP contribution in [0.15, 0.2) is 42.5 Å². The summed E-state index contributed by atoms with van der Waals surface area (Å²) in [6, 6.07) is 12.8. The molecule has 0 saturated heterocycles. The predicted molar refractivity (Wildman–Crippen MR) is 68.3 cm³/mol. The van der Waals surface area contributed by atoms with Crippen LogP contribution in [0.4, 0.5) is 5.69 Å². The van der Waals surface area contributed by atoms with Gasteiger partial charge in [0.2, 0.25) is 0 Å². The lowest BCUT2D eigenvalue weighted by Gasteiger charge is -2.09. The van der Waals surface area contributed by atoms with Crippen LogP contribution in [-0.4, -0.2) is 10.2 Å². The summed E-state index contributed by atoms with van der Waals surface area (Å²) in [6.07, 6.45) is 0. The van der Waals surface area contributed by atoms with E-state index in [4.69, 9.17) is 0 Å². The maximum absolute atomic E-state index is 9.37. The van der Waals surface area contributed by atoms with Gasteiger partial charge < -0.3 is 15.5 Å². The summed E-state index contributed by atoms with van der Waals surface area (Å²) in [5.74, 6) is -0.182. The fourth-order valence-electron chi connectivity index (χ4n) is 1.65. The van der Waals surface area contributed by atoms with Crippen molar-refractivity contribution in [1.29, 1.82) is 0 Å². The van der Waals surface area contributed by atoms with Crippen LogP contribution < -0.4 is 5.32 Å². The van der Waals surface area contributed by atoms with Gasteiger partial charge in [-0.25, -0.2) is 0 Å². The van der Waals surface area contributed by atoms with Gasteiger partial charge in [0, 0.05) is 12.2 Å². The molecule has 2 rings (SSSR count). The van der Waals surface area contributed by atoms with Crippen LogP contribution >= 0.6 is 0 Å². The zero-order chi connectivity index (χ0) is 12.3. The highest BCUT2D eigenvalue weighted by Crippen LogP contribution is 2.25. The lowest BCUT2D eigenvalue weighted by atomic mass is 10.1. The average Bonchev–Trinajstić information content (AvgIpc) is 2.32. The minimum absolute atomic E-state index is 0.0888. The Morgan fingerprint density at radius 2 is 1.76 bits per heavy atom. The summed E-state index contributed by atoms with van der Waals surface area (Å²) in [5.41, 5.74) is 3.17. The van der Waals surface area contributed by atoms with Gasteiger partial charge >= 0.3 is 0 Å². The molecule has 0 aliphatic heterocycles. The number of hydrogen-bond acceptors (Lipinski definition) is 3. The maximum atomic E-state index is 9.37. The normalized spacial score (nSPS) is 10.2. The highest BCUT2D eigenvalue weighted by atomic mass is 16.3. The van der Waals surface area contributed by atoms with Crippen molar-refractivity contribution in [2.24, 2.45) is 0 Å². The molecule has 0 fully saturated rings. The Kier molecular flexibility index (Phi) is 3.19. The predicted octanol–water partition coefficient (Wildman–Crippen LogP) is 3.02. The monoisotopic (exact) mass is 229 g/mol. The number of rotatable bonds is 3. The van der Waals surface area contributed by atoms with Crippen molar-refractivity contribution in [3.8, 4) is 11.5 Å². The third-order valence-electron chi connectivity index (χ3n) is 2.67. The van der Waals surface area contributed by atoms with E-state index in [0.29, 0.717) is 6.54 Å². The van der Waals surface area contributed by atoms with Crippen molar-refractivity contribution in [3.05, 3.63) is 53.6 Å². The first-order chi connectivity index (χ1) is 8.16. The van der Waals surface area contributed by atoms with Gasteiger partial charge in [0.25, 0.3) is 0 Å². The SMILES string of the molecule is Cc1ccccc1NCc1ccc(O)c(O)c1. The second-order valence-electron chi connectivity index (χ2n) is 3.99. The molecule has 0 saturated carbocycles. The standard InChI is InChI=1S/C14H15NO2/c1-10-4-2-3-5-12(10)15-9-11-6-7-13(16)14(17)8-11/h2-8,15-17H,9H2,1H3. The zero-order valence-electron chi connectivity index (χ0n) is 9.64. The van der Waals surface area contributed by atoms with E-state index in [1.165, 1.54) is 11.6 Å². The minimum atomic E-state index is -0.0929. The second kappa shape index (κ2) is 4.78. The molecule has 3 heteroatoms. The molecule has 0 aliphatic carbocycles. The first-order valence-corrected chi connectivity index (χ1v) is 5.47. The van der Waals surface area contributed by atoms with E-state index in [2.05, 4.69) is 5.32 Å². The third kappa shape index (κ3) is 2.69. The van der Waals surface area contributed by atoms with Gasteiger partial charge in [0.1, 0.15) is 0 Å². The summed E-state index contributed by atoms with van der Waals surface area (Å²) >= 11 is 0. The Labute approximate surface area is 100 Å². The van der Waals surface area contributed by atoms with Crippen molar-refractivity contribution in [1.82, 2.24) is 0 Å². The molecule has 0 bridgehead atoms. The van der Waals surface area contributed by atoms with Crippen LogP contribution in [0, 0.1) is 6.92 Å². The Morgan fingerprint density at radius 1 is 1.00 bits per heavy atom. The van der Waals surface area contributed by atoms with Gasteiger partial charge in [-0.05, 0) is 36.2 Å². The molecule has 0 unspecified atom stereocenters. The number of benzene rings is 2. The molecular formula is C14H15NO2. The van der Waals surface area contributed by atoms with Crippen LogP contribution in [0.1, 0.15) is 11.1 Å². The number of para-hydroxylation sites is 1. The fraction of sp³-hybridized carbons (Fsp3) is 0.143. The van der Waals surface area contributed by atoms with Crippen molar-refractivity contribution >= 4 is 5.69 Å². The minimum Gasteiger partial charge on any atom is -0.504 e. The number of phenols is 2. The molecule has 0 heterocycles. The van der Waals surface area contributed by atoms with E-state index >= 15 is 0 Å². The number of aromatic hydroxyl groups is 2. The van der Waals surface area contributed by atoms with Gasteiger partial charge in [0.15, 0.2) is 11.5 Å². The molecule has 17 heavy (non-hydrogen) atoms. The quantitative estimate of drug-likeness (QED) is 0.709. The Balaban J connectivity index is 2.08. The molecule has 0 atom stereocenters. The van der Waals surface area contributed by atoms with Crippen LogP contribution in [0.2, 0.25) is 0 Å². The molecule has 0 aliphatic rings. The largest absolute Gasteiger partial charge is 0.504 e. The summed E-state index contributed by atoms with van der Waals surface area (Å²) < 4.78 is 0. The molecule has 3 nitrogen and oxygen atoms in total. The van der Waals surface area contributed by atoms with E-state index in [9.17, 15) is 10.2 Å². The van der Waals surface area contributed by atoms with E-state index in [1.807, 2.05) is 31.2 Å². The number of aryl methyl sites for hydroxylation is 1. The topological polar surface area (TPSA) is 52.5 Å². The van der Waals surface area contributed by atoms with Crippen molar-refractivity contribution < 1.29 is 10.2 Å². The molecule has 88 valence electrons. The van der Waals surface area contributed by atoms with Crippen molar-refractivity contribution in [2.75, 3.05) is 5.32 Å². The molecule has 0 aromatic heterocycles. The lowest BCUT2D eigenvalue weighted by Crippen LogP contribution is -2.00. The first kappa shape index (κ1) is 11.3. The van der Waals surface area contributed by atoms with Crippen LogP contribution in [0.25, 0.3) is 0 Å². The number of anilines is 1. The Bertz CT molecular complexity index is 523. The van der Waals surface area contributed by atoms with Crippen molar-refractivity contribution in [3.63, 3.8) is 0 Å². The third-order valence-corrected chi connectivity index (χ3v) is 2.67. The molecule has 0 amide bonds. The molecule has 3 N–H and O–H groups in total. The summed E-state index contributed by atoms with van der Waals surface area (Å²) in [4.78, 5) is 0. The zero-order valence-corrected chi connectivity index (χ0v) is 9.64. The van der Waals surface area contributed by atoms with Gasteiger partial charge in [-0.2, -0.15) is 0 Å². The van der Waals surface area contributed by atoms with Crippen molar-refractivity contribution in [2.45, 2.75) is 13.5 Å². The summed E-state index contributed by atoms with van der Waals surface area (Å²) in [5, 5.41) is 21.9. The highest BCUT2D eigenvalue weighted by molar-refractivity contribution is 5.51. The second-order valence-corrected chi connectivity index (χ2v) is 3.99. The maximum Gasteiger partial charge on any atom is 0.157 e. The summed E-state index contributed by atoms with van der Waals surface area (Å²) in [7, 11) is 0. The van der Waals surface area contributed by atoms with Gasteiger partial charge in [-0.1, -0.05) is 24.3 Å². The number of nitrogens with one attached hydrogen (secondary N) is 1. The van der Waals surface area contributed by atoms with Gasteiger partial charge in [0.05, 0.1) is 0 Å². The van der Waals surface area contributed by atoms with Gasteiger partial charge in [-0.3, -0.25) is 0 Å². The highest BCUT2D eigenvalue weighted by Gasteiger charge is 2.01. The van der Waals surface area contributed by atoms with Crippen LogP contribution in [0.5, 0.6) is 11.5 Å². The summed E-state index contributed by atoms with van der Waals surface area (Å²) in [6.45, 7) is 2.65. The van der Waals surface area contributed by atoms with E-state index in [1.54, 1.807) is 12.1 Å². The van der Waals surface area contributed by atoms with E-state index < -0.39 is 0 Å². The van der Waals surface area contributed by atoms with E-state index in [-0.39, 0.29) is 11.5 Å². The number of phenolic OH excluding ortho intramolecular Hbond substituents is 2. The van der Waals surface area contributed by atoms with E-state index in [0.717, 1.165) is 11.3 Å². The molecule has 2 aromatic rings. The smallest absolute Gasteiger partial charge is 0.157 e. The van der Waals surface area contributed by atoms with Crippen LogP contribution in [-0.2, 0) is 6.54 Å². The molecular weight excluding hydrogens is 214 g/mol. The Morgan fingerprint density at radius 3 is 2.47 bits per heavy atom. The molecule has 0 spiro atoms. The Hall–Kier alpha value is -2.16. The van der Waals surface area contributed by atoms with Crippen LogP contribution in [0.3, 0.4) is 0 Å². The molecule has 0 radical (unpaired) electrons.